The van der Waals surface area contributed by atoms with E-state index < -0.39 is 0 Å². The highest BCUT2D eigenvalue weighted by atomic mass is 35.5. The third-order valence-electron chi connectivity index (χ3n) is 4.10. The first-order valence-electron chi connectivity index (χ1n) is 7.85. The van der Waals surface area contributed by atoms with Crippen LogP contribution in [0.2, 0.25) is 5.02 Å². The van der Waals surface area contributed by atoms with Crippen molar-refractivity contribution in [1.29, 1.82) is 0 Å². The second-order valence-corrected chi connectivity index (χ2v) is 6.51. The second-order valence-electron chi connectivity index (χ2n) is 6.10. The Morgan fingerprint density at radius 3 is 2.76 bits per heavy atom. The van der Waals surface area contributed by atoms with Crippen LogP contribution in [-0.4, -0.2) is 55.1 Å². The number of piperidine rings is 1. The van der Waals surface area contributed by atoms with Crippen molar-refractivity contribution in [3.63, 3.8) is 0 Å². The van der Waals surface area contributed by atoms with E-state index in [-0.39, 0.29) is 0 Å². The molecule has 1 fully saturated rings. The fourth-order valence-electron chi connectivity index (χ4n) is 2.88. The maximum absolute atomic E-state index is 6.28. The SMILES string of the molecule is CCNc1ccc(Cl)c(CN(C)CC2CCN(C)CC2)n1. The summed E-state index contributed by atoms with van der Waals surface area (Å²) in [6.45, 7) is 7.31. The molecule has 0 spiro atoms. The largest absolute Gasteiger partial charge is 0.370 e. The number of aromatic nitrogens is 1. The van der Waals surface area contributed by atoms with E-state index in [9.17, 15) is 0 Å². The van der Waals surface area contributed by atoms with Gasteiger partial charge in [0.05, 0.1) is 10.7 Å². The minimum absolute atomic E-state index is 0.756. The predicted octanol–water partition coefficient (Wildman–Crippen LogP) is 2.94. The number of pyridine rings is 1. The monoisotopic (exact) mass is 310 g/mol. The topological polar surface area (TPSA) is 31.4 Å². The van der Waals surface area contributed by atoms with Gasteiger partial charge in [-0.25, -0.2) is 4.98 Å². The molecule has 0 atom stereocenters. The Morgan fingerprint density at radius 1 is 1.38 bits per heavy atom. The van der Waals surface area contributed by atoms with Crippen molar-refractivity contribution in [1.82, 2.24) is 14.8 Å². The molecular formula is C16H27ClN4. The maximum atomic E-state index is 6.28. The van der Waals surface area contributed by atoms with Crippen LogP contribution in [0.3, 0.4) is 0 Å². The number of likely N-dealkylation sites (tertiary alicyclic amines) is 1. The van der Waals surface area contributed by atoms with Gasteiger partial charge in [0.25, 0.3) is 0 Å². The van der Waals surface area contributed by atoms with Crippen molar-refractivity contribution < 1.29 is 0 Å². The highest BCUT2D eigenvalue weighted by molar-refractivity contribution is 6.31. The Labute approximate surface area is 133 Å². The first-order chi connectivity index (χ1) is 10.1. The summed E-state index contributed by atoms with van der Waals surface area (Å²) in [5, 5.41) is 4.00. The Balaban J connectivity index is 1.89. The molecule has 0 unspecified atom stereocenters. The van der Waals surface area contributed by atoms with Gasteiger partial charge in [0.1, 0.15) is 5.82 Å². The summed E-state index contributed by atoms with van der Waals surface area (Å²) in [6.07, 6.45) is 2.58. The van der Waals surface area contributed by atoms with E-state index in [2.05, 4.69) is 41.1 Å². The maximum Gasteiger partial charge on any atom is 0.126 e. The molecule has 1 aromatic heterocycles. The fraction of sp³-hybridized carbons (Fsp3) is 0.688. The van der Waals surface area contributed by atoms with Crippen LogP contribution in [0.1, 0.15) is 25.5 Å². The smallest absolute Gasteiger partial charge is 0.126 e. The van der Waals surface area contributed by atoms with Crippen LogP contribution in [-0.2, 0) is 6.54 Å². The summed E-state index contributed by atoms with van der Waals surface area (Å²) in [7, 11) is 4.37. The van der Waals surface area contributed by atoms with E-state index >= 15 is 0 Å². The van der Waals surface area contributed by atoms with Gasteiger partial charge in [-0.15, -0.1) is 0 Å². The van der Waals surface area contributed by atoms with Crippen LogP contribution in [0.5, 0.6) is 0 Å². The zero-order chi connectivity index (χ0) is 15.2. The lowest BCUT2D eigenvalue weighted by atomic mass is 9.96. The third kappa shape index (κ3) is 5.13. The lowest BCUT2D eigenvalue weighted by Crippen LogP contribution is -2.35. The summed E-state index contributed by atoms with van der Waals surface area (Å²) in [5.74, 6) is 1.70. The zero-order valence-electron chi connectivity index (χ0n) is 13.4. The molecule has 0 radical (unpaired) electrons. The molecule has 0 aliphatic carbocycles. The van der Waals surface area contributed by atoms with Crippen molar-refractivity contribution in [3.8, 4) is 0 Å². The van der Waals surface area contributed by atoms with Crippen LogP contribution < -0.4 is 5.32 Å². The van der Waals surface area contributed by atoms with E-state index in [0.717, 1.165) is 42.1 Å². The van der Waals surface area contributed by atoms with E-state index in [0.29, 0.717) is 0 Å². The van der Waals surface area contributed by atoms with Crippen molar-refractivity contribution in [3.05, 3.63) is 22.8 Å². The van der Waals surface area contributed by atoms with Gasteiger partial charge in [-0.3, -0.25) is 0 Å². The molecule has 0 bridgehead atoms. The minimum Gasteiger partial charge on any atom is -0.370 e. The number of rotatable bonds is 6. The van der Waals surface area contributed by atoms with E-state index in [1.54, 1.807) is 0 Å². The van der Waals surface area contributed by atoms with Crippen molar-refractivity contribution in [2.24, 2.45) is 5.92 Å². The molecule has 0 saturated carbocycles. The Kier molecular flexibility index (Phi) is 6.27. The molecule has 0 amide bonds. The van der Waals surface area contributed by atoms with Crippen LogP contribution in [0.25, 0.3) is 0 Å². The van der Waals surface area contributed by atoms with E-state index in [4.69, 9.17) is 11.6 Å². The second kappa shape index (κ2) is 7.97. The van der Waals surface area contributed by atoms with Crippen LogP contribution >= 0.6 is 11.6 Å². The van der Waals surface area contributed by atoms with Crippen LogP contribution in [0.15, 0.2) is 12.1 Å². The standard InChI is InChI=1S/C16H27ClN4/c1-4-18-16-6-5-14(17)15(19-16)12-21(3)11-13-7-9-20(2)10-8-13/h5-6,13H,4,7-12H2,1-3H3,(H,18,19). The molecule has 118 valence electrons. The average Bonchev–Trinajstić information content (AvgIpc) is 2.45. The summed E-state index contributed by atoms with van der Waals surface area (Å²) < 4.78 is 0. The molecule has 4 nitrogen and oxygen atoms in total. The van der Waals surface area contributed by atoms with E-state index in [1.165, 1.54) is 25.9 Å². The van der Waals surface area contributed by atoms with Gasteiger partial charge < -0.3 is 15.1 Å². The molecule has 2 heterocycles. The number of hydrogen-bond acceptors (Lipinski definition) is 4. The van der Waals surface area contributed by atoms with Gasteiger partial charge in [-0.05, 0) is 65.0 Å². The highest BCUT2D eigenvalue weighted by Gasteiger charge is 2.18. The Hall–Kier alpha value is -0.840. The molecule has 1 aliphatic rings. The number of nitrogens with zero attached hydrogens (tertiary/aromatic N) is 3. The summed E-state index contributed by atoms with van der Waals surface area (Å²) in [4.78, 5) is 9.37. The van der Waals surface area contributed by atoms with Crippen molar-refractivity contribution >= 4 is 17.4 Å². The summed E-state index contributed by atoms with van der Waals surface area (Å²) in [6, 6.07) is 3.87. The number of hydrogen-bond donors (Lipinski definition) is 1. The number of anilines is 1. The van der Waals surface area contributed by atoms with E-state index in [1.807, 2.05) is 12.1 Å². The first-order valence-corrected chi connectivity index (χ1v) is 8.22. The molecule has 1 saturated heterocycles. The molecule has 1 N–H and O–H groups in total. The van der Waals surface area contributed by atoms with Gasteiger partial charge in [0.2, 0.25) is 0 Å². The minimum atomic E-state index is 0.756. The average molecular weight is 311 g/mol. The third-order valence-corrected chi connectivity index (χ3v) is 4.45. The molecule has 5 heteroatoms. The summed E-state index contributed by atoms with van der Waals surface area (Å²) >= 11 is 6.28. The fourth-order valence-corrected chi connectivity index (χ4v) is 3.05. The van der Waals surface area contributed by atoms with Gasteiger partial charge in [-0.1, -0.05) is 11.6 Å². The normalized spacial score (nSPS) is 17.4. The lowest BCUT2D eigenvalue weighted by molar-refractivity contribution is 0.172. The van der Waals surface area contributed by atoms with Gasteiger partial charge in [0, 0.05) is 19.6 Å². The molecule has 1 aliphatic heterocycles. The Bertz CT molecular complexity index is 444. The molecule has 21 heavy (non-hydrogen) atoms. The quantitative estimate of drug-likeness (QED) is 0.875. The lowest BCUT2D eigenvalue weighted by Gasteiger charge is -2.31. The van der Waals surface area contributed by atoms with Gasteiger partial charge in [0.15, 0.2) is 0 Å². The number of halogens is 1. The molecule has 0 aromatic carbocycles. The van der Waals surface area contributed by atoms with Crippen molar-refractivity contribution in [2.45, 2.75) is 26.3 Å². The molecular weight excluding hydrogens is 284 g/mol. The predicted molar refractivity (Wildman–Crippen MR) is 90.0 cm³/mol. The van der Waals surface area contributed by atoms with Gasteiger partial charge >= 0.3 is 0 Å². The summed E-state index contributed by atoms with van der Waals surface area (Å²) in [5.41, 5.74) is 0.963. The van der Waals surface area contributed by atoms with Crippen LogP contribution in [0, 0.1) is 5.92 Å². The van der Waals surface area contributed by atoms with Crippen LogP contribution in [0.4, 0.5) is 5.82 Å². The van der Waals surface area contributed by atoms with Crippen molar-refractivity contribution in [2.75, 3.05) is 45.6 Å². The highest BCUT2D eigenvalue weighted by Crippen LogP contribution is 2.21. The van der Waals surface area contributed by atoms with Gasteiger partial charge in [-0.2, -0.15) is 0 Å². The molecule has 2 rings (SSSR count). The zero-order valence-corrected chi connectivity index (χ0v) is 14.2. The Morgan fingerprint density at radius 2 is 2.10 bits per heavy atom. The number of nitrogens with one attached hydrogen (secondary N) is 1. The molecule has 1 aromatic rings. The first kappa shape index (κ1) is 16.5.